The van der Waals surface area contributed by atoms with Gasteiger partial charge in [0.2, 0.25) is 17.7 Å². The SMILES string of the molecule is C=C(CCC(=O)NCC1O[C@@H]2OC3C(CO)O[C@H](OCCCCC1[C@H](O)C2O)C(O)[C@H]3O)NCN(CNC(=C)CCC(=O)NCC1O[C@@H]2OC3C(CO)O[C@H](OCCCCC1[C@H](O)C2O)C(O)[C@H]3O)C(C)=O. The zero-order chi connectivity index (χ0) is 52.2. The van der Waals surface area contributed by atoms with Gasteiger partial charge in [-0.05, 0) is 38.5 Å². The average Bonchev–Trinajstić information content (AvgIpc) is 3.36. The molecular formula is C46H77N5O21. The van der Waals surface area contributed by atoms with Crippen LogP contribution in [0.5, 0.6) is 0 Å². The van der Waals surface area contributed by atoms with Gasteiger partial charge < -0.3 is 115 Å². The molecule has 0 spiro atoms. The highest BCUT2D eigenvalue weighted by molar-refractivity contribution is 5.76. The maximum Gasteiger partial charge on any atom is 0.222 e. The molecule has 3 amide bonds. The Kier molecular flexibility index (Phi) is 22.2. The van der Waals surface area contributed by atoms with E-state index in [1.54, 1.807) is 0 Å². The molecule has 12 rings (SSSR count). The molecule has 0 aromatic heterocycles. The molecule has 0 radical (unpaired) electrons. The van der Waals surface area contributed by atoms with Gasteiger partial charge in [-0.25, -0.2) is 0 Å². The van der Waals surface area contributed by atoms with Crippen LogP contribution in [0.2, 0.25) is 0 Å². The Morgan fingerprint density at radius 1 is 0.486 bits per heavy atom. The Morgan fingerprint density at radius 3 is 1.24 bits per heavy atom. The normalized spacial score (nSPS) is 39.5. The van der Waals surface area contributed by atoms with Crippen LogP contribution in [0.3, 0.4) is 0 Å². The number of hydrogen-bond acceptors (Lipinski definition) is 23. The van der Waals surface area contributed by atoms with Gasteiger partial charge >= 0.3 is 0 Å². The van der Waals surface area contributed by atoms with E-state index in [0.29, 0.717) is 49.9 Å². The maximum absolute atomic E-state index is 13.1. The van der Waals surface area contributed by atoms with Crippen LogP contribution in [0.15, 0.2) is 24.6 Å². The number of carbonyl (C=O) groups is 3. The van der Waals surface area contributed by atoms with Gasteiger partial charge in [-0.1, -0.05) is 26.0 Å². The number of carbonyl (C=O) groups excluding carboxylic acids is 3. The number of rotatable bonds is 18. The van der Waals surface area contributed by atoms with E-state index in [1.165, 1.54) is 11.8 Å². The summed E-state index contributed by atoms with van der Waals surface area (Å²) in [7, 11) is 0. The van der Waals surface area contributed by atoms with Gasteiger partial charge in [0, 0.05) is 69.3 Å². The van der Waals surface area contributed by atoms with E-state index in [1.807, 2.05) is 0 Å². The Bertz CT molecular complexity index is 1650. The molecule has 12 unspecified atom stereocenters. The second-order valence-corrected chi connectivity index (χ2v) is 19.3. The van der Waals surface area contributed by atoms with Gasteiger partial charge in [0.1, 0.15) is 61.0 Å². The molecule has 12 fully saturated rings. The van der Waals surface area contributed by atoms with Crippen molar-refractivity contribution in [3.05, 3.63) is 24.6 Å². The molecule has 26 heteroatoms. The molecule has 8 bridgehead atoms. The summed E-state index contributed by atoms with van der Waals surface area (Å²) in [6, 6.07) is 0. The van der Waals surface area contributed by atoms with Gasteiger partial charge in [-0.15, -0.1) is 0 Å². The van der Waals surface area contributed by atoms with Crippen molar-refractivity contribution >= 4 is 17.7 Å². The van der Waals surface area contributed by atoms with Crippen LogP contribution in [0.25, 0.3) is 0 Å². The quantitative estimate of drug-likeness (QED) is 0.0571. The summed E-state index contributed by atoms with van der Waals surface area (Å²) in [5, 5.41) is 119. The van der Waals surface area contributed by atoms with Crippen molar-refractivity contribution in [3.8, 4) is 0 Å². The summed E-state index contributed by atoms with van der Waals surface area (Å²) in [5.74, 6) is -2.30. The van der Waals surface area contributed by atoms with Gasteiger partial charge in [-0.2, -0.15) is 0 Å². The zero-order valence-electron chi connectivity index (χ0n) is 40.6. The summed E-state index contributed by atoms with van der Waals surface area (Å²) in [6.07, 6.45) is -21.1. The predicted octanol–water partition coefficient (Wildman–Crippen LogP) is -5.08. The van der Waals surface area contributed by atoms with E-state index in [-0.39, 0.29) is 83.0 Å². The van der Waals surface area contributed by atoms with Crippen molar-refractivity contribution in [1.29, 1.82) is 0 Å². The third kappa shape index (κ3) is 15.0. The minimum atomic E-state index is -1.59. The van der Waals surface area contributed by atoms with E-state index in [0.717, 1.165) is 0 Å². The minimum Gasteiger partial charge on any atom is -0.394 e. The van der Waals surface area contributed by atoms with Gasteiger partial charge in [-0.3, -0.25) is 14.4 Å². The largest absolute Gasteiger partial charge is 0.394 e. The predicted molar refractivity (Wildman–Crippen MR) is 244 cm³/mol. The maximum atomic E-state index is 13.1. The Morgan fingerprint density at radius 2 is 0.861 bits per heavy atom. The summed E-state index contributed by atoms with van der Waals surface area (Å²) < 4.78 is 46.4. The van der Waals surface area contributed by atoms with E-state index in [9.17, 15) is 65.4 Å². The van der Waals surface area contributed by atoms with Crippen molar-refractivity contribution < 1.29 is 103 Å². The van der Waals surface area contributed by atoms with Crippen molar-refractivity contribution in [2.75, 3.05) is 52.9 Å². The van der Waals surface area contributed by atoms with Gasteiger partial charge in [0.15, 0.2) is 25.2 Å². The lowest BCUT2D eigenvalue weighted by atomic mass is 9.84. The molecule has 0 saturated carbocycles. The number of aliphatic hydroxyl groups is 10. The summed E-state index contributed by atoms with van der Waals surface area (Å²) in [4.78, 5) is 40.1. The van der Waals surface area contributed by atoms with Crippen LogP contribution in [-0.2, 0) is 52.3 Å². The smallest absolute Gasteiger partial charge is 0.222 e. The molecular weight excluding hydrogens is 959 g/mol. The Labute approximate surface area is 417 Å². The van der Waals surface area contributed by atoms with Crippen molar-refractivity contribution in [2.24, 2.45) is 11.8 Å². The molecule has 12 heterocycles. The monoisotopic (exact) mass is 1040 g/mol. The highest BCUT2D eigenvalue weighted by Gasteiger charge is 2.53. The number of nitrogens with zero attached hydrogens (tertiary/aromatic N) is 1. The summed E-state index contributed by atoms with van der Waals surface area (Å²) >= 11 is 0. The van der Waals surface area contributed by atoms with Gasteiger partial charge in [0.05, 0.1) is 51.0 Å². The molecule has 12 aliphatic rings. The fourth-order valence-corrected chi connectivity index (χ4v) is 9.71. The average molecular weight is 1040 g/mol. The molecule has 12 saturated heterocycles. The van der Waals surface area contributed by atoms with E-state index < -0.39 is 136 Å². The third-order valence-corrected chi connectivity index (χ3v) is 14.2. The number of nitrogens with one attached hydrogen (secondary N) is 4. The molecule has 72 heavy (non-hydrogen) atoms. The fraction of sp³-hybridized carbons (Fsp3) is 0.848. The first-order valence-corrected chi connectivity index (χ1v) is 24.9. The van der Waals surface area contributed by atoms with E-state index in [2.05, 4.69) is 34.4 Å². The highest BCUT2D eigenvalue weighted by atomic mass is 16.8. The van der Waals surface area contributed by atoms with Crippen LogP contribution in [-0.4, -0.2) is 237 Å². The first-order chi connectivity index (χ1) is 34.4. The lowest BCUT2D eigenvalue weighted by Gasteiger charge is -2.47. The Hall–Kier alpha value is -3.23. The number of hydrogen-bond donors (Lipinski definition) is 14. The van der Waals surface area contributed by atoms with Gasteiger partial charge in [0.25, 0.3) is 0 Å². The number of allylic oxidation sites excluding steroid dienone is 2. The first kappa shape index (κ1) is 58.0. The molecule has 0 aliphatic carbocycles. The van der Waals surface area contributed by atoms with Crippen LogP contribution in [0, 0.1) is 11.8 Å². The first-order valence-electron chi connectivity index (χ1n) is 24.9. The molecule has 412 valence electrons. The third-order valence-electron chi connectivity index (χ3n) is 14.2. The highest BCUT2D eigenvalue weighted by Crippen LogP contribution is 2.36. The molecule has 20 atom stereocenters. The lowest BCUT2D eigenvalue weighted by Crippen LogP contribution is -2.64. The van der Waals surface area contributed by atoms with Crippen molar-refractivity contribution in [2.45, 2.75) is 182 Å². The molecule has 12 aliphatic heterocycles. The van der Waals surface area contributed by atoms with Crippen LogP contribution in [0.4, 0.5) is 0 Å². The zero-order valence-corrected chi connectivity index (χ0v) is 40.6. The fourth-order valence-electron chi connectivity index (χ4n) is 9.71. The van der Waals surface area contributed by atoms with Crippen molar-refractivity contribution in [1.82, 2.24) is 26.2 Å². The second-order valence-electron chi connectivity index (χ2n) is 19.3. The standard InChI is InChI=1S/C46H77N5O21/c1-22(10-12-31(55)47-16-27-25-8-4-6-14-65-43-39(63)35(59)41(29(18-52)69-43)71-45(67-27)37(61)33(25)57)49-20-51(24(3)54)21-50-23(2)11-13-32(56)48-17-28-26-9-5-7-15-66-44-40(64)36(60)42(30(19-53)70-44)72-46(68-28)38(62)34(26)58/h25-30,33-46,49-50,52-53,57-64H,1-2,4-21H2,3H3,(H,47,55)(H,48,56)/t25?,26?,27?,28?,29?,30?,33-,34-,35+,36+,37?,38?,39?,40?,41?,42?,43-,44-,45+,46+/m0/s1. The van der Waals surface area contributed by atoms with Crippen LogP contribution >= 0.6 is 0 Å². The Balaban J connectivity index is 0.913. The molecule has 14 N–H and O–H groups in total. The van der Waals surface area contributed by atoms with Crippen LogP contribution < -0.4 is 21.3 Å². The molecule has 0 aromatic rings. The molecule has 26 nitrogen and oxygen atoms in total. The minimum absolute atomic E-state index is 0.0119. The number of aliphatic hydroxyl groups excluding tert-OH is 10. The topological polar surface area (TPSA) is 379 Å². The molecule has 0 aromatic carbocycles. The summed E-state index contributed by atoms with van der Waals surface area (Å²) in [5.41, 5.74) is 0.898. The van der Waals surface area contributed by atoms with Crippen LogP contribution in [0.1, 0.15) is 71.1 Å². The van der Waals surface area contributed by atoms with E-state index >= 15 is 0 Å². The summed E-state index contributed by atoms with van der Waals surface area (Å²) in [6.45, 7) is 8.25. The van der Waals surface area contributed by atoms with Crippen molar-refractivity contribution in [3.63, 3.8) is 0 Å². The van der Waals surface area contributed by atoms with E-state index in [4.69, 9.17) is 37.9 Å². The lowest BCUT2D eigenvalue weighted by molar-refractivity contribution is -0.355. The number of ether oxygens (including phenoxy) is 8. The second kappa shape index (κ2) is 27.5. The number of amides is 3.